The number of thiazole rings is 1. The van der Waals surface area contributed by atoms with Crippen molar-refractivity contribution in [1.29, 1.82) is 0 Å². The molecule has 0 unspecified atom stereocenters. The van der Waals surface area contributed by atoms with Gasteiger partial charge in [-0.1, -0.05) is 24.0 Å². The summed E-state index contributed by atoms with van der Waals surface area (Å²) in [4.78, 5) is 15.4. The molecule has 2 rings (SSSR count). The Hall–Kier alpha value is -1.62. The molecule has 2 aromatic rings. The van der Waals surface area contributed by atoms with Crippen LogP contribution in [0.4, 0.5) is 16.6 Å². The highest BCUT2D eigenvalue weighted by molar-refractivity contribution is 7.97. The number of primary sulfonamides is 1. The van der Waals surface area contributed by atoms with Crippen molar-refractivity contribution in [3.63, 3.8) is 0 Å². The van der Waals surface area contributed by atoms with E-state index in [0.717, 1.165) is 11.3 Å². The molecule has 1 aromatic carbocycles. The molecule has 0 fully saturated rings. The fourth-order valence-electron chi connectivity index (χ4n) is 1.39. The lowest BCUT2D eigenvalue weighted by Gasteiger charge is -2.03. The minimum Gasteiger partial charge on any atom is -0.382 e. The van der Waals surface area contributed by atoms with E-state index < -0.39 is 15.1 Å². The van der Waals surface area contributed by atoms with Crippen LogP contribution in [0.1, 0.15) is 9.67 Å². The molecule has 5 N–H and O–H groups in total. The van der Waals surface area contributed by atoms with Crippen molar-refractivity contribution in [2.24, 2.45) is 5.14 Å². The molecule has 7 nitrogen and oxygen atoms in total. The SMILES string of the molecule is Nc1nc(Nc2ccc(S(N)(=O)=O)cc2)sc1C(=O)S. The fraction of sp³-hybridized carbons (Fsp3) is 0. The van der Waals surface area contributed by atoms with Gasteiger partial charge < -0.3 is 11.1 Å². The lowest BCUT2D eigenvalue weighted by molar-refractivity contribution is 0.109. The first-order chi connectivity index (χ1) is 9.27. The maximum absolute atomic E-state index is 11.1. The van der Waals surface area contributed by atoms with Gasteiger partial charge in [0.1, 0.15) is 10.7 Å². The molecule has 0 spiro atoms. The number of hydrogen-bond acceptors (Lipinski definition) is 7. The normalized spacial score (nSPS) is 11.3. The molecule has 1 heterocycles. The van der Waals surface area contributed by atoms with Crippen LogP contribution in [0.25, 0.3) is 0 Å². The van der Waals surface area contributed by atoms with E-state index >= 15 is 0 Å². The predicted octanol–water partition coefficient (Wildman–Crippen LogP) is 1.19. The Labute approximate surface area is 124 Å². The predicted molar refractivity (Wildman–Crippen MR) is 80.9 cm³/mol. The van der Waals surface area contributed by atoms with Gasteiger partial charge in [0, 0.05) is 5.69 Å². The van der Waals surface area contributed by atoms with Gasteiger partial charge in [-0.3, -0.25) is 4.79 Å². The average Bonchev–Trinajstić information content (AvgIpc) is 2.70. The van der Waals surface area contributed by atoms with Gasteiger partial charge in [-0.05, 0) is 24.3 Å². The van der Waals surface area contributed by atoms with Crippen molar-refractivity contribution in [2.75, 3.05) is 11.1 Å². The van der Waals surface area contributed by atoms with Crippen LogP contribution in [0.2, 0.25) is 0 Å². The lowest BCUT2D eigenvalue weighted by Crippen LogP contribution is -2.11. The largest absolute Gasteiger partial charge is 0.382 e. The molecule has 0 atom stereocenters. The van der Waals surface area contributed by atoms with Gasteiger partial charge in [-0.2, -0.15) is 0 Å². The maximum Gasteiger partial charge on any atom is 0.238 e. The van der Waals surface area contributed by atoms with Crippen LogP contribution in [0.15, 0.2) is 29.2 Å². The Bertz CT molecular complexity index is 753. The molecule has 1 aromatic heterocycles. The second-order valence-electron chi connectivity index (χ2n) is 3.73. The summed E-state index contributed by atoms with van der Waals surface area (Å²) in [6, 6.07) is 5.78. The van der Waals surface area contributed by atoms with Crippen LogP contribution >= 0.6 is 24.0 Å². The Morgan fingerprint density at radius 1 is 1.30 bits per heavy atom. The van der Waals surface area contributed by atoms with Crippen molar-refractivity contribution < 1.29 is 13.2 Å². The average molecular weight is 330 g/mol. The first-order valence-corrected chi connectivity index (χ1v) is 7.98. The highest BCUT2D eigenvalue weighted by atomic mass is 32.2. The Balaban J connectivity index is 2.22. The fourth-order valence-corrected chi connectivity index (χ4v) is 2.90. The molecule has 10 heteroatoms. The summed E-state index contributed by atoms with van der Waals surface area (Å²) < 4.78 is 22.2. The standard InChI is InChI=1S/C10H10N4O3S3/c11-8-7(9(15)18)19-10(14-8)13-5-1-3-6(4-2-5)20(12,16)17/h1-4H,11H2,(H,13,14)(H,15,18)(H2,12,16,17). The molecular weight excluding hydrogens is 320 g/mol. The molecular formula is C10H10N4O3S3. The van der Waals surface area contributed by atoms with Crippen LogP contribution in [-0.4, -0.2) is 18.5 Å². The van der Waals surface area contributed by atoms with E-state index in [-0.39, 0.29) is 15.6 Å². The monoisotopic (exact) mass is 330 g/mol. The van der Waals surface area contributed by atoms with E-state index in [1.165, 1.54) is 24.3 Å². The number of carbonyl (C=O) groups excluding carboxylic acids is 1. The molecule has 0 radical (unpaired) electrons. The highest BCUT2D eigenvalue weighted by Gasteiger charge is 2.13. The quantitative estimate of drug-likeness (QED) is 0.623. The number of anilines is 3. The number of benzene rings is 1. The van der Waals surface area contributed by atoms with Crippen LogP contribution in [0.5, 0.6) is 0 Å². The van der Waals surface area contributed by atoms with Gasteiger partial charge in [0.15, 0.2) is 5.13 Å². The van der Waals surface area contributed by atoms with E-state index in [1.54, 1.807) is 0 Å². The van der Waals surface area contributed by atoms with E-state index in [1.807, 2.05) is 0 Å². The number of nitrogen functional groups attached to an aromatic ring is 1. The number of carbonyl (C=O) groups is 1. The summed E-state index contributed by atoms with van der Waals surface area (Å²) in [5.74, 6) is 0.0960. The summed E-state index contributed by atoms with van der Waals surface area (Å²) in [5, 5.41) is 7.84. The number of nitrogens with two attached hydrogens (primary N) is 2. The topological polar surface area (TPSA) is 128 Å². The summed E-state index contributed by atoms with van der Waals surface area (Å²) in [6.07, 6.45) is 0. The minimum atomic E-state index is -3.72. The molecule has 106 valence electrons. The van der Waals surface area contributed by atoms with E-state index in [2.05, 4.69) is 22.9 Å². The first-order valence-electron chi connectivity index (χ1n) is 5.17. The summed E-state index contributed by atoms with van der Waals surface area (Å²) in [7, 11) is -3.72. The van der Waals surface area contributed by atoms with Crippen molar-refractivity contribution in [1.82, 2.24) is 4.98 Å². The molecule has 0 saturated heterocycles. The van der Waals surface area contributed by atoms with Gasteiger partial charge in [-0.25, -0.2) is 18.5 Å². The minimum absolute atomic E-state index is 0.00734. The van der Waals surface area contributed by atoms with Gasteiger partial charge in [0.2, 0.25) is 15.1 Å². The molecule has 0 amide bonds. The zero-order valence-corrected chi connectivity index (χ0v) is 12.4. The van der Waals surface area contributed by atoms with Crippen LogP contribution in [0.3, 0.4) is 0 Å². The Kier molecular flexibility index (Phi) is 3.99. The van der Waals surface area contributed by atoms with Gasteiger partial charge >= 0.3 is 0 Å². The summed E-state index contributed by atoms with van der Waals surface area (Å²) in [5.41, 5.74) is 6.16. The molecule has 0 aliphatic heterocycles. The van der Waals surface area contributed by atoms with Gasteiger partial charge in [-0.15, -0.1) is 0 Å². The third-order valence-corrected chi connectivity index (χ3v) is 4.57. The second-order valence-corrected chi connectivity index (χ2v) is 6.70. The number of aromatic nitrogens is 1. The second kappa shape index (κ2) is 5.40. The van der Waals surface area contributed by atoms with E-state index in [0.29, 0.717) is 10.8 Å². The zero-order valence-electron chi connectivity index (χ0n) is 9.90. The number of sulfonamides is 1. The van der Waals surface area contributed by atoms with E-state index in [9.17, 15) is 13.2 Å². The van der Waals surface area contributed by atoms with Gasteiger partial charge in [0.05, 0.1) is 4.90 Å². The van der Waals surface area contributed by atoms with E-state index in [4.69, 9.17) is 10.9 Å². The number of rotatable bonds is 4. The lowest BCUT2D eigenvalue weighted by atomic mass is 10.3. The molecule has 0 bridgehead atoms. The van der Waals surface area contributed by atoms with Crippen molar-refractivity contribution in [3.05, 3.63) is 29.1 Å². The Morgan fingerprint density at radius 3 is 2.35 bits per heavy atom. The number of nitrogens with one attached hydrogen (secondary N) is 1. The molecule has 20 heavy (non-hydrogen) atoms. The summed E-state index contributed by atoms with van der Waals surface area (Å²) in [6.45, 7) is 0. The van der Waals surface area contributed by atoms with Gasteiger partial charge in [0.25, 0.3) is 0 Å². The van der Waals surface area contributed by atoms with Crippen molar-refractivity contribution in [3.8, 4) is 0 Å². The van der Waals surface area contributed by atoms with Crippen molar-refractivity contribution >= 4 is 55.7 Å². The third kappa shape index (κ3) is 3.28. The Morgan fingerprint density at radius 2 is 1.90 bits per heavy atom. The molecule has 0 saturated carbocycles. The molecule has 0 aliphatic rings. The summed E-state index contributed by atoms with van der Waals surface area (Å²) >= 11 is 4.74. The highest BCUT2D eigenvalue weighted by Crippen LogP contribution is 2.28. The third-order valence-electron chi connectivity index (χ3n) is 2.28. The first kappa shape index (κ1) is 14.8. The number of nitrogens with zero attached hydrogens (tertiary/aromatic N) is 1. The zero-order chi connectivity index (χ0) is 14.9. The van der Waals surface area contributed by atoms with Crippen LogP contribution < -0.4 is 16.2 Å². The van der Waals surface area contributed by atoms with Crippen molar-refractivity contribution in [2.45, 2.75) is 4.90 Å². The number of thiol groups is 1. The maximum atomic E-state index is 11.1. The van der Waals surface area contributed by atoms with Crippen LogP contribution in [-0.2, 0) is 10.0 Å². The van der Waals surface area contributed by atoms with Crippen LogP contribution in [0, 0.1) is 0 Å². The number of hydrogen-bond donors (Lipinski definition) is 4. The molecule has 0 aliphatic carbocycles. The smallest absolute Gasteiger partial charge is 0.238 e.